The molecule has 0 saturated carbocycles. The van der Waals surface area contributed by atoms with Crippen LogP contribution in [0.5, 0.6) is 11.5 Å². The Kier molecular flexibility index (Phi) is 7.39. The molecule has 16 heteroatoms. The van der Waals surface area contributed by atoms with E-state index in [0.29, 0.717) is 26.2 Å². The molecule has 0 radical (unpaired) electrons. The van der Waals surface area contributed by atoms with Crippen molar-refractivity contribution in [1.82, 2.24) is 44.8 Å². The maximum atomic E-state index is 13.6. The van der Waals surface area contributed by atoms with Crippen molar-refractivity contribution < 1.29 is 34.8 Å². The average Bonchev–Trinajstić information content (AvgIpc) is 3.72. The SMILES string of the molecule is CN1CCN(C(=O)c2cc(-c3cn(-c4cccc(C(=O)O)c4O)nn3)nc(-c3cn(-c4cccc(C(=O)O)c4O)nn3)c2)CC1. The number of phenols is 2. The van der Waals surface area contributed by atoms with E-state index in [1.165, 1.54) is 58.2 Å². The molecule has 1 fully saturated rings. The Morgan fingerprint density at radius 2 is 1.16 bits per heavy atom. The first-order valence-corrected chi connectivity index (χ1v) is 13.6. The van der Waals surface area contributed by atoms with E-state index < -0.39 is 23.4 Å². The van der Waals surface area contributed by atoms with Gasteiger partial charge >= 0.3 is 11.9 Å². The summed E-state index contributed by atoms with van der Waals surface area (Å²) >= 11 is 0. The van der Waals surface area contributed by atoms with Gasteiger partial charge in [0.25, 0.3) is 5.91 Å². The van der Waals surface area contributed by atoms with E-state index in [9.17, 15) is 34.8 Å². The maximum Gasteiger partial charge on any atom is 0.339 e. The molecule has 0 spiro atoms. The molecule has 0 atom stereocenters. The molecule has 0 bridgehead atoms. The van der Waals surface area contributed by atoms with Crippen molar-refractivity contribution in [2.24, 2.45) is 0 Å². The lowest BCUT2D eigenvalue weighted by Crippen LogP contribution is -2.47. The van der Waals surface area contributed by atoms with E-state index in [4.69, 9.17) is 0 Å². The lowest BCUT2D eigenvalue weighted by atomic mass is 10.1. The largest absolute Gasteiger partial charge is 0.505 e. The average molecular weight is 612 g/mol. The zero-order chi connectivity index (χ0) is 31.8. The van der Waals surface area contributed by atoms with Gasteiger partial charge in [-0.2, -0.15) is 0 Å². The second kappa shape index (κ2) is 11.5. The number of carboxylic acid groups (broad SMARTS) is 2. The summed E-state index contributed by atoms with van der Waals surface area (Å²) in [6.07, 6.45) is 2.87. The van der Waals surface area contributed by atoms with Gasteiger partial charge in [0, 0.05) is 31.7 Å². The highest BCUT2D eigenvalue weighted by molar-refractivity contribution is 5.96. The van der Waals surface area contributed by atoms with Crippen LogP contribution in [0.25, 0.3) is 34.2 Å². The van der Waals surface area contributed by atoms with Gasteiger partial charge < -0.3 is 30.2 Å². The summed E-state index contributed by atoms with van der Waals surface area (Å²) in [6.45, 7) is 2.45. The summed E-state index contributed by atoms with van der Waals surface area (Å²) in [5.41, 5.74) is 0.698. The first-order valence-electron chi connectivity index (χ1n) is 13.6. The summed E-state index contributed by atoms with van der Waals surface area (Å²) in [5.74, 6) is -3.87. The molecule has 4 N–H and O–H groups in total. The molecule has 4 heterocycles. The van der Waals surface area contributed by atoms with Gasteiger partial charge in [0.05, 0.1) is 23.8 Å². The molecule has 1 aliphatic rings. The molecule has 3 aromatic heterocycles. The summed E-state index contributed by atoms with van der Waals surface area (Å²) in [5, 5.41) is 56.2. The first kappa shape index (κ1) is 28.9. The predicted octanol–water partition coefficient (Wildman–Crippen LogP) is 1.77. The molecule has 1 aliphatic heterocycles. The van der Waals surface area contributed by atoms with Crippen LogP contribution in [0, 0.1) is 0 Å². The summed E-state index contributed by atoms with van der Waals surface area (Å²) < 4.78 is 2.39. The number of carbonyl (C=O) groups excluding carboxylic acids is 1. The van der Waals surface area contributed by atoms with Crippen molar-refractivity contribution in [1.29, 1.82) is 0 Å². The van der Waals surface area contributed by atoms with Crippen molar-refractivity contribution >= 4 is 17.8 Å². The fourth-order valence-electron chi connectivity index (χ4n) is 4.88. The van der Waals surface area contributed by atoms with Gasteiger partial charge in [-0.15, -0.1) is 10.2 Å². The molecule has 2 aromatic carbocycles. The van der Waals surface area contributed by atoms with Crippen LogP contribution < -0.4 is 0 Å². The Balaban J connectivity index is 1.42. The monoisotopic (exact) mass is 611 g/mol. The number of hydrogen-bond donors (Lipinski definition) is 4. The number of aromatic nitrogens is 7. The fraction of sp³-hybridized carbons (Fsp3) is 0.172. The van der Waals surface area contributed by atoms with Crippen molar-refractivity contribution in [3.63, 3.8) is 0 Å². The van der Waals surface area contributed by atoms with Gasteiger partial charge in [0.1, 0.15) is 33.9 Å². The quantitative estimate of drug-likeness (QED) is 0.207. The van der Waals surface area contributed by atoms with Crippen LogP contribution in [0.1, 0.15) is 31.1 Å². The van der Waals surface area contributed by atoms with Crippen LogP contribution in [0.15, 0.2) is 60.9 Å². The number of carbonyl (C=O) groups is 3. The van der Waals surface area contributed by atoms with E-state index >= 15 is 0 Å². The molecular formula is C29H25N9O7. The molecule has 6 rings (SSSR count). The second-order valence-electron chi connectivity index (χ2n) is 10.3. The Bertz CT molecular complexity index is 1840. The van der Waals surface area contributed by atoms with Gasteiger partial charge in [-0.3, -0.25) is 4.79 Å². The van der Waals surface area contributed by atoms with Gasteiger partial charge in [0.15, 0.2) is 11.5 Å². The number of pyridine rings is 1. The number of rotatable bonds is 7. The third kappa shape index (κ3) is 5.52. The number of benzene rings is 2. The van der Waals surface area contributed by atoms with Crippen LogP contribution in [-0.2, 0) is 0 Å². The number of amides is 1. The second-order valence-corrected chi connectivity index (χ2v) is 10.3. The Morgan fingerprint density at radius 1 is 0.689 bits per heavy atom. The third-order valence-electron chi connectivity index (χ3n) is 7.36. The molecular weight excluding hydrogens is 586 g/mol. The number of nitrogens with zero attached hydrogens (tertiary/aromatic N) is 9. The molecule has 16 nitrogen and oxygen atoms in total. The molecule has 0 aliphatic carbocycles. The first-order chi connectivity index (χ1) is 21.6. The van der Waals surface area contributed by atoms with Crippen molar-refractivity contribution in [2.45, 2.75) is 0 Å². The maximum absolute atomic E-state index is 13.6. The van der Waals surface area contributed by atoms with Crippen LogP contribution in [0.2, 0.25) is 0 Å². The molecule has 1 saturated heterocycles. The van der Waals surface area contributed by atoms with E-state index in [1.807, 2.05) is 7.05 Å². The van der Waals surface area contributed by atoms with Gasteiger partial charge in [0.2, 0.25) is 0 Å². The molecule has 1 amide bonds. The zero-order valence-corrected chi connectivity index (χ0v) is 23.6. The predicted molar refractivity (Wildman–Crippen MR) is 156 cm³/mol. The van der Waals surface area contributed by atoms with E-state index in [2.05, 4.69) is 30.5 Å². The standard InChI is InChI=1S/C29H25N9O7/c1-35-8-10-36(11-9-35)27(41)16-12-19(21-14-37(33-31-21)23-6-2-4-17(25(23)39)28(42)43)30-20(13-16)22-15-38(34-32-22)24-7-3-5-18(26(24)40)29(44)45/h2-7,12-15,39-40H,8-11H2,1H3,(H,42,43)(H,44,45). The summed E-state index contributed by atoms with van der Waals surface area (Å²) in [4.78, 5) is 45.1. The summed E-state index contributed by atoms with van der Waals surface area (Å²) in [7, 11) is 1.98. The number of aromatic carboxylic acids is 2. The Labute approximate surface area is 254 Å². The van der Waals surface area contributed by atoms with Crippen molar-refractivity contribution in [2.75, 3.05) is 33.2 Å². The number of hydrogen-bond acceptors (Lipinski definition) is 11. The van der Waals surface area contributed by atoms with Crippen LogP contribution in [-0.4, -0.2) is 116 Å². The highest BCUT2D eigenvalue weighted by atomic mass is 16.4. The van der Waals surface area contributed by atoms with Gasteiger partial charge in [-0.1, -0.05) is 22.6 Å². The molecule has 45 heavy (non-hydrogen) atoms. The normalized spacial score (nSPS) is 13.6. The van der Waals surface area contributed by atoms with Crippen molar-refractivity contribution in [3.8, 4) is 45.6 Å². The topological polar surface area (TPSA) is 213 Å². The minimum absolute atomic E-state index is 0.0740. The Morgan fingerprint density at radius 3 is 1.60 bits per heavy atom. The lowest BCUT2D eigenvalue weighted by Gasteiger charge is -2.32. The molecule has 5 aromatic rings. The van der Waals surface area contributed by atoms with Crippen LogP contribution in [0.3, 0.4) is 0 Å². The number of carboxylic acids is 2. The minimum atomic E-state index is -1.31. The van der Waals surface area contributed by atoms with Crippen LogP contribution >= 0.6 is 0 Å². The fourth-order valence-corrected chi connectivity index (χ4v) is 4.88. The summed E-state index contributed by atoms with van der Waals surface area (Å²) in [6, 6.07) is 11.5. The number of likely N-dealkylation sites (N-methyl/N-ethyl adjacent to an activating group) is 1. The highest BCUT2D eigenvalue weighted by Gasteiger charge is 2.24. The smallest absolute Gasteiger partial charge is 0.339 e. The number of aromatic hydroxyl groups is 2. The van der Waals surface area contributed by atoms with E-state index in [-0.39, 0.29) is 56.7 Å². The third-order valence-corrected chi connectivity index (χ3v) is 7.36. The van der Waals surface area contributed by atoms with Gasteiger partial charge in [-0.05, 0) is 43.4 Å². The number of para-hydroxylation sites is 2. The van der Waals surface area contributed by atoms with E-state index in [1.54, 1.807) is 17.0 Å². The minimum Gasteiger partial charge on any atom is -0.505 e. The zero-order valence-electron chi connectivity index (χ0n) is 23.6. The number of piperazine rings is 1. The Hall–Kier alpha value is -6.16. The molecule has 0 unspecified atom stereocenters. The lowest BCUT2D eigenvalue weighted by molar-refractivity contribution is 0.0660. The molecule has 228 valence electrons. The van der Waals surface area contributed by atoms with Gasteiger partial charge in [-0.25, -0.2) is 23.9 Å². The van der Waals surface area contributed by atoms with Crippen LogP contribution in [0.4, 0.5) is 0 Å². The highest BCUT2D eigenvalue weighted by Crippen LogP contribution is 2.30. The van der Waals surface area contributed by atoms with E-state index in [0.717, 1.165) is 0 Å². The van der Waals surface area contributed by atoms with Crippen molar-refractivity contribution in [3.05, 3.63) is 77.6 Å².